The van der Waals surface area contributed by atoms with Gasteiger partial charge in [-0.2, -0.15) is 0 Å². The normalized spacial score (nSPS) is 21.7. The minimum absolute atomic E-state index is 0.00645. The van der Waals surface area contributed by atoms with Gasteiger partial charge in [0.15, 0.2) is 5.78 Å². The summed E-state index contributed by atoms with van der Waals surface area (Å²) in [6.07, 6.45) is 8.13. The van der Waals surface area contributed by atoms with E-state index in [1.807, 2.05) is 27.7 Å². The van der Waals surface area contributed by atoms with Crippen molar-refractivity contribution in [3.05, 3.63) is 22.5 Å². The minimum atomic E-state index is -1.06. The SMILES string of the molecule is CCC[C@H](NC(=O)C1CC2(CN1C(=O)[C@@H](NC(=O)[C@@H](NC(=O)c1[nH]c(C)c(C)c1C(C)=O)C1CCCCC1)C(C)(C)C)SCCCS2)C(=O)C(=O)NC1CC1. The molecule has 15 heteroatoms. The molecule has 5 amide bonds. The van der Waals surface area contributed by atoms with Crippen molar-refractivity contribution in [2.24, 2.45) is 11.3 Å². The number of aryl methyl sites for hydroxylation is 1. The average Bonchev–Trinajstić information content (AvgIpc) is 3.81. The van der Waals surface area contributed by atoms with Gasteiger partial charge in [0.05, 0.1) is 15.7 Å². The Labute approximate surface area is 333 Å². The molecule has 0 bridgehead atoms. The molecule has 4 fully saturated rings. The zero-order chi connectivity index (χ0) is 40.2. The Bertz CT molecular complexity index is 1650. The predicted molar refractivity (Wildman–Crippen MR) is 215 cm³/mol. The first-order valence-electron chi connectivity index (χ1n) is 20.0. The number of carbonyl (C=O) groups excluding carboxylic acids is 7. The van der Waals surface area contributed by atoms with Crippen LogP contribution < -0.4 is 21.3 Å². The van der Waals surface area contributed by atoms with Gasteiger partial charge in [-0.3, -0.25) is 33.6 Å². The summed E-state index contributed by atoms with van der Waals surface area (Å²) in [7, 11) is 0. The summed E-state index contributed by atoms with van der Waals surface area (Å²) in [6, 6.07) is -3.99. The number of amides is 5. The number of aromatic nitrogens is 1. The van der Waals surface area contributed by atoms with Crippen LogP contribution in [0.15, 0.2) is 0 Å². The zero-order valence-electron chi connectivity index (χ0n) is 33.5. The molecule has 2 saturated heterocycles. The lowest BCUT2D eigenvalue weighted by Crippen LogP contribution is -2.62. The molecule has 0 radical (unpaired) electrons. The summed E-state index contributed by atoms with van der Waals surface area (Å²) in [5, 5.41) is 11.6. The van der Waals surface area contributed by atoms with Crippen molar-refractivity contribution in [1.82, 2.24) is 31.2 Å². The number of likely N-dealkylation sites (tertiary alicyclic amines) is 1. The van der Waals surface area contributed by atoms with Crippen molar-refractivity contribution in [2.75, 3.05) is 18.1 Å². The van der Waals surface area contributed by atoms with Crippen LogP contribution in [0.4, 0.5) is 0 Å². The minimum Gasteiger partial charge on any atom is -0.354 e. The fourth-order valence-corrected chi connectivity index (χ4v) is 11.4. The van der Waals surface area contributed by atoms with E-state index in [-0.39, 0.29) is 42.0 Å². The largest absolute Gasteiger partial charge is 0.354 e. The highest BCUT2D eigenvalue weighted by Crippen LogP contribution is 2.50. The standard InChI is InChI=1S/C40H60N6O7S2/c1-8-13-27(32(48)37(52)42-26-16-17-26)43-34(49)28-20-40(54-18-12-19-55-40)21-46(28)38(53)33(39(5,6)7)45-35(50)30(25-14-10-9-11-15-25)44-36(51)31-29(24(4)47)22(2)23(3)41-31/h25-28,30,33,41H,8-21H2,1-7H3,(H,42,52)(H,43,49)(H,44,51)(H,45,50)/t27-,28?,30-,33+/m0/s1. The Morgan fingerprint density at radius 1 is 0.909 bits per heavy atom. The molecule has 5 rings (SSSR count). The molecule has 2 aliphatic carbocycles. The third-order valence-electron chi connectivity index (χ3n) is 11.4. The molecule has 304 valence electrons. The van der Waals surface area contributed by atoms with Gasteiger partial charge in [-0.05, 0) is 87.7 Å². The van der Waals surface area contributed by atoms with Crippen molar-refractivity contribution in [1.29, 1.82) is 0 Å². The van der Waals surface area contributed by atoms with Gasteiger partial charge in [0.25, 0.3) is 11.8 Å². The predicted octanol–water partition coefficient (Wildman–Crippen LogP) is 4.34. The molecule has 1 aromatic rings. The number of rotatable bonds is 14. The smallest absolute Gasteiger partial charge is 0.289 e. The summed E-state index contributed by atoms with van der Waals surface area (Å²) in [5.74, 6) is -2.03. The molecule has 4 aliphatic rings. The van der Waals surface area contributed by atoms with E-state index in [1.54, 1.807) is 42.3 Å². The first-order chi connectivity index (χ1) is 26.0. The number of nitrogens with one attached hydrogen (secondary N) is 5. The number of H-pyrrole nitrogens is 1. The second kappa shape index (κ2) is 17.9. The highest BCUT2D eigenvalue weighted by atomic mass is 32.2. The van der Waals surface area contributed by atoms with Crippen molar-refractivity contribution in [2.45, 2.75) is 153 Å². The van der Waals surface area contributed by atoms with Gasteiger partial charge >= 0.3 is 0 Å². The topological polar surface area (TPSA) is 187 Å². The fraction of sp³-hybridized carbons (Fsp3) is 0.725. The Kier molecular flexibility index (Phi) is 13.9. The molecule has 1 aromatic heterocycles. The number of Topliss-reactive ketones (excluding diaryl/α,β-unsaturated/α-hetero) is 2. The van der Waals surface area contributed by atoms with Crippen molar-refractivity contribution in [3.8, 4) is 0 Å². The molecular formula is C40H60N6O7S2. The number of thioether (sulfide) groups is 2. The molecule has 55 heavy (non-hydrogen) atoms. The van der Waals surface area contributed by atoms with Crippen LogP contribution in [0.2, 0.25) is 0 Å². The number of carbonyl (C=O) groups is 7. The van der Waals surface area contributed by atoms with E-state index < -0.39 is 69.0 Å². The molecule has 1 spiro atoms. The summed E-state index contributed by atoms with van der Waals surface area (Å²) in [4.78, 5) is 101. The maximum absolute atomic E-state index is 14.9. The highest BCUT2D eigenvalue weighted by Gasteiger charge is 2.53. The molecular weight excluding hydrogens is 741 g/mol. The van der Waals surface area contributed by atoms with Gasteiger partial charge in [0.2, 0.25) is 23.5 Å². The van der Waals surface area contributed by atoms with E-state index in [9.17, 15) is 33.6 Å². The van der Waals surface area contributed by atoms with E-state index in [2.05, 4.69) is 26.3 Å². The third kappa shape index (κ3) is 10.2. The summed E-state index contributed by atoms with van der Waals surface area (Å²) < 4.78 is -0.435. The van der Waals surface area contributed by atoms with Gasteiger partial charge in [-0.1, -0.05) is 53.4 Å². The van der Waals surface area contributed by atoms with Crippen LogP contribution in [-0.2, 0) is 24.0 Å². The lowest BCUT2D eigenvalue weighted by Gasteiger charge is -2.38. The summed E-state index contributed by atoms with van der Waals surface area (Å²) in [6.45, 7) is 12.7. The third-order valence-corrected chi connectivity index (χ3v) is 14.7. The summed E-state index contributed by atoms with van der Waals surface area (Å²) >= 11 is 3.47. The van der Waals surface area contributed by atoms with E-state index in [0.717, 1.165) is 62.9 Å². The zero-order valence-corrected chi connectivity index (χ0v) is 35.1. The molecule has 13 nitrogen and oxygen atoms in total. The number of ketones is 2. The van der Waals surface area contributed by atoms with Crippen LogP contribution in [0.25, 0.3) is 0 Å². The van der Waals surface area contributed by atoms with Crippen molar-refractivity contribution in [3.63, 3.8) is 0 Å². The van der Waals surface area contributed by atoms with Gasteiger partial charge < -0.3 is 31.2 Å². The Balaban J connectivity index is 1.41. The van der Waals surface area contributed by atoms with E-state index in [0.29, 0.717) is 24.1 Å². The number of aromatic amines is 1. The molecule has 2 saturated carbocycles. The molecule has 2 aliphatic heterocycles. The van der Waals surface area contributed by atoms with Crippen LogP contribution in [-0.4, -0.2) is 103 Å². The van der Waals surface area contributed by atoms with Crippen molar-refractivity contribution < 1.29 is 33.6 Å². The number of hydrogen-bond donors (Lipinski definition) is 5. The van der Waals surface area contributed by atoms with Crippen LogP contribution in [0.1, 0.15) is 137 Å². The lowest BCUT2D eigenvalue weighted by molar-refractivity contribution is -0.145. The van der Waals surface area contributed by atoms with Gasteiger partial charge in [0.1, 0.15) is 23.8 Å². The monoisotopic (exact) mass is 800 g/mol. The van der Waals surface area contributed by atoms with Gasteiger partial charge in [-0.25, -0.2) is 0 Å². The van der Waals surface area contributed by atoms with E-state index in [1.165, 1.54) is 6.92 Å². The van der Waals surface area contributed by atoms with Crippen LogP contribution in [0.5, 0.6) is 0 Å². The van der Waals surface area contributed by atoms with Gasteiger partial charge in [-0.15, -0.1) is 23.5 Å². The lowest BCUT2D eigenvalue weighted by atomic mass is 9.82. The first-order valence-corrected chi connectivity index (χ1v) is 22.0. The Morgan fingerprint density at radius 2 is 1.56 bits per heavy atom. The molecule has 3 heterocycles. The molecule has 5 N–H and O–H groups in total. The van der Waals surface area contributed by atoms with E-state index >= 15 is 0 Å². The molecule has 4 atom stereocenters. The second-order valence-electron chi connectivity index (χ2n) is 16.9. The van der Waals surface area contributed by atoms with Crippen LogP contribution in [0.3, 0.4) is 0 Å². The van der Waals surface area contributed by atoms with Crippen LogP contribution >= 0.6 is 23.5 Å². The first kappa shape index (κ1) is 42.8. The quantitative estimate of drug-likeness (QED) is 0.135. The highest BCUT2D eigenvalue weighted by molar-refractivity contribution is 8.18. The number of nitrogens with zero attached hydrogens (tertiary/aromatic N) is 1. The molecule has 1 unspecified atom stereocenters. The fourth-order valence-electron chi connectivity index (χ4n) is 8.05. The molecule has 0 aromatic carbocycles. The second-order valence-corrected chi connectivity index (χ2v) is 20.2. The maximum atomic E-state index is 14.9. The van der Waals surface area contributed by atoms with Crippen LogP contribution in [0, 0.1) is 25.2 Å². The van der Waals surface area contributed by atoms with Crippen molar-refractivity contribution >= 4 is 64.6 Å². The Hall–Kier alpha value is -3.33. The van der Waals surface area contributed by atoms with E-state index in [4.69, 9.17) is 0 Å². The average molecular weight is 801 g/mol. The maximum Gasteiger partial charge on any atom is 0.289 e. The Morgan fingerprint density at radius 3 is 2.15 bits per heavy atom. The summed E-state index contributed by atoms with van der Waals surface area (Å²) in [5.41, 5.74) is 0.975. The number of hydrogen-bond acceptors (Lipinski definition) is 9. The van der Waals surface area contributed by atoms with Gasteiger partial charge in [0, 0.05) is 24.7 Å².